The standard InChI is InChI=1S/C22H29N3O2/c1-2-3-6-14-9-11-15(12-10-14)24-19-20(22(27)21(19)26)25-18-13-23-17-8-5-4-7-16(17)18/h4-5,7-8,13-15,19-20,23-25H,2-3,6,9-12H2,1H3/t14?,15?,19-,20?/m0/s1. The number of carbonyl (C=O) groups excluding carboxylic acids is 2. The molecule has 0 saturated heterocycles. The lowest BCUT2D eigenvalue weighted by Crippen LogP contribution is -2.68. The third kappa shape index (κ3) is 3.65. The van der Waals surface area contributed by atoms with Crippen molar-refractivity contribution in [1.29, 1.82) is 0 Å². The van der Waals surface area contributed by atoms with Crippen molar-refractivity contribution in [3.8, 4) is 0 Å². The van der Waals surface area contributed by atoms with E-state index in [9.17, 15) is 9.59 Å². The Morgan fingerprint density at radius 3 is 2.56 bits per heavy atom. The minimum atomic E-state index is -0.463. The van der Waals surface area contributed by atoms with Crippen LogP contribution >= 0.6 is 0 Å². The van der Waals surface area contributed by atoms with Gasteiger partial charge in [0.2, 0.25) is 11.6 Å². The lowest BCUT2D eigenvalue weighted by atomic mass is 9.79. The van der Waals surface area contributed by atoms with Crippen LogP contribution in [-0.4, -0.2) is 34.7 Å². The highest BCUT2D eigenvalue weighted by atomic mass is 16.2. The van der Waals surface area contributed by atoms with Gasteiger partial charge in [-0.15, -0.1) is 0 Å². The summed E-state index contributed by atoms with van der Waals surface area (Å²) in [6.45, 7) is 2.24. The molecule has 27 heavy (non-hydrogen) atoms. The number of hydrogen-bond donors (Lipinski definition) is 3. The van der Waals surface area contributed by atoms with Gasteiger partial charge in [0.15, 0.2) is 0 Å². The Morgan fingerprint density at radius 2 is 1.78 bits per heavy atom. The summed E-state index contributed by atoms with van der Waals surface area (Å²) in [5, 5.41) is 7.81. The second kappa shape index (κ2) is 7.85. The Kier molecular flexibility index (Phi) is 5.30. The van der Waals surface area contributed by atoms with Gasteiger partial charge >= 0.3 is 0 Å². The molecule has 0 amide bonds. The molecule has 2 atom stereocenters. The van der Waals surface area contributed by atoms with Gasteiger partial charge in [0.05, 0.1) is 5.69 Å². The van der Waals surface area contributed by atoms with Crippen molar-refractivity contribution < 1.29 is 9.59 Å². The first-order chi connectivity index (χ1) is 13.2. The van der Waals surface area contributed by atoms with E-state index in [0.717, 1.165) is 35.3 Å². The highest BCUT2D eigenvalue weighted by Crippen LogP contribution is 2.30. The Bertz CT molecular complexity index is 820. The molecule has 1 heterocycles. The number of fused-ring (bicyclic) bond motifs is 1. The molecule has 1 aromatic carbocycles. The van der Waals surface area contributed by atoms with Crippen LogP contribution in [0.25, 0.3) is 10.9 Å². The minimum absolute atomic E-state index is 0.277. The van der Waals surface area contributed by atoms with E-state index in [1.807, 2.05) is 30.5 Å². The molecule has 1 aromatic heterocycles. The van der Waals surface area contributed by atoms with Gasteiger partial charge in [-0.05, 0) is 37.7 Å². The summed E-state index contributed by atoms with van der Waals surface area (Å²) in [5.74, 6) is 0.247. The second-order valence-electron chi connectivity index (χ2n) is 8.10. The van der Waals surface area contributed by atoms with Gasteiger partial charge < -0.3 is 15.6 Å². The molecule has 2 aliphatic carbocycles. The molecule has 2 saturated carbocycles. The summed E-state index contributed by atoms with van der Waals surface area (Å²) in [6, 6.07) is 7.44. The van der Waals surface area contributed by atoms with Crippen LogP contribution < -0.4 is 10.6 Å². The van der Waals surface area contributed by atoms with Crippen molar-refractivity contribution >= 4 is 28.2 Å². The number of ketones is 2. The zero-order valence-electron chi connectivity index (χ0n) is 16.0. The first-order valence-electron chi connectivity index (χ1n) is 10.3. The van der Waals surface area contributed by atoms with Crippen LogP contribution in [0.5, 0.6) is 0 Å². The molecule has 4 rings (SSSR count). The topological polar surface area (TPSA) is 74.0 Å². The molecule has 0 radical (unpaired) electrons. The van der Waals surface area contributed by atoms with E-state index in [0.29, 0.717) is 6.04 Å². The number of nitrogens with one attached hydrogen (secondary N) is 3. The Hall–Kier alpha value is -2.14. The molecule has 2 aromatic rings. The molecule has 0 bridgehead atoms. The highest BCUT2D eigenvalue weighted by molar-refractivity contribution is 6.49. The maximum Gasteiger partial charge on any atom is 0.224 e. The van der Waals surface area contributed by atoms with Gasteiger partial charge in [-0.2, -0.15) is 0 Å². The lowest BCUT2D eigenvalue weighted by molar-refractivity contribution is -0.145. The van der Waals surface area contributed by atoms with Crippen LogP contribution in [-0.2, 0) is 9.59 Å². The van der Waals surface area contributed by atoms with E-state index in [4.69, 9.17) is 0 Å². The lowest BCUT2D eigenvalue weighted by Gasteiger charge is -2.39. The second-order valence-corrected chi connectivity index (χ2v) is 8.10. The smallest absolute Gasteiger partial charge is 0.224 e. The average Bonchev–Trinajstić information content (AvgIpc) is 3.12. The van der Waals surface area contributed by atoms with Gasteiger partial charge in [0, 0.05) is 23.1 Å². The normalized spacial score (nSPS) is 28.3. The van der Waals surface area contributed by atoms with Gasteiger partial charge in [0.1, 0.15) is 12.1 Å². The molecule has 2 aliphatic rings. The summed E-state index contributed by atoms with van der Waals surface area (Å²) in [7, 11) is 0. The number of aromatic amines is 1. The summed E-state index contributed by atoms with van der Waals surface area (Å²) in [4.78, 5) is 27.6. The molecule has 0 spiro atoms. The summed E-state index contributed by atoms with van der Waals surface area (Å²) < 4.78 is 0. The molecule has 1 unspecified atom stereocenters. The maximum atomic E-state index is 12.2. The van der Waals surface area contributed by atoms with Crippen molar-refractivity contribution in [3.05, 3.63) is 30.5 Å². The van der Waals surface area contributed by atoms with Gasteiger partial charge in [-0.25, -0.2) is 0 Å². The number of hydrogen-bond acceptors (Lipinski definition) is 4. The van der Waals surface area contributed by atoms with Crippen molar-refractivity contribution in [2.24, 2.45) is 5.92 Å². The molecule has 2 fully saturated rings. The predicted molar refractivity (Wildman–Crippen MR) is 108 cm³/mol. The van der Waals surface area contributed by atoms with Crippen LogP contribution in [0.2, 0.25) is 0 Å². The molecule has 0 aliphatic heterocycles. The van der Waals surface area contributed by atoms with E-state index in [2.05, 4.69) is 22.5 Å². The van der Waals surface area contributed by atoms with E-state index in [-0.39, 0.29) is 11.6 Å². The van der Waals surface area contributed by atoms with Crippen LogP contribution in [0.3, 0.4) is 0 Å². The zero-order chi connectivity index (χ0) is 18.8. The van der Waals surface area contributed by atoms with Crippen LogP contribution in [0, 0.1) is 5.92 Å². The highest BCUT2D eigenvalue weighted by Gasteiger charge is 2.50. The predicted octanol–water partition coefficient (Wildman–Crippen LogP) is 3.81. The van der Waals surface area contributed by atoms with E-state index < -0.39 is 12.1 Å². The van der Waals surface area contributed by atoms with Gasteiger partial charge in [-0.1, -0.05) is 44.4 Å². The SMILES string of the molecule is CCCCC1CCC(N[C@@H]2C(=O)C(=O)C2Nc2c[nH]c3ccccc23)CC1. The van der Waals surface area contributed by atoms with Crippen LogP contribution in [0.4, 0.5) is 5.69 Å². The Labute approximate surface area is 160 Å². The largest absolute Gasteiger partial charge is 0.371 e. The number of Topliss-reactive ketones (excluding diaryl/α,β-unsaturated/α-hetero) is 2. The average molecular weight is 367 g/mol. The van der Waals surface area contributed by atoms with Crippen molar-refractivity contribution in [1.82, 2.24) is 10.3 Å². The third-order valence-corrected chi connectivity index (χ3v) is 6.27. The number of carbonyl (C=O) groups is 2. The molecule has 5 nitrogen and oxygen atoms in total. The first-order valence-corrected chi connectivity index (χ1v) is 10.3. The maximum absolute atomic E-state index is 12.2. The molecular weight excluding hydrogens is 338 g/mol. The number of para-hydroxylation sites is 1. The Balaban J connectivity index is 1.36. The van der Waals surface area contributed by atoms with Gasteiger partial charge in [-0.3, -0.25) is 9.59 Å². The number of unbranched alkanes of at least 4 members (excludes halogenated alkanes) is 1. The first kappa shape index (κ1) is 18.2. The zero-order valence-corrected chi connectivity index (χ0v) is 16.0. The number of aromatic nitrogens is 1. The van der Waals surface area contributed by atoms with Crippen LogP contribution in [0.1, 0.15) is 51.9 Å². The van der Waals surface area contributed by atoms with Gasteiger partial charge in [0.25, 0.3) is 0 Å². The van der Waals surface area contributed by atoms with Crippen LogP contribution in [0.15, 0.2) is 30.5 Å². The van der Waals surface area contributed by atoms with Crippen molar-refractivity contribution in [3.63, 3.8) is 0 Å². The third-order valence-electron chi connectivity index (χ3n) is 6.27. The minimum Gasteiger partial charge on any atom is -0.371 e. The fourth-order valence-corrected chi connectivity index (χ4v) is 4.56. The number of H-pyrrole nitrogens is 1. The van der Waals surface area contributed by atoms with Crippen molar-refractivity contribution in [2.45, 2.75) is 70.0 Å². The Morgan fingerprint density at radius 1 is 1.04 bits per heavy atom. The van der Waals surface area contributed by atoms with E-state index in [1.165, 1.54) is 32.1 Å². The molecule has 144 valence electrons. The summed E-state index contributed by atoms with van der Waals surface area (Å²) in [6.07, 6.45) is 10.4. The van der Waals surface area contributed by atoms with E-state index in [1.54, 1.807) is 0 Å². The number of benzene rings is 1. The molecule has 3 N–H and O–H groups in total. The molecule has 5 heteroatoms. The monoisotopic (exact) mass is 367 g/mol. The summed E-state index contributed by atoms with van der Waals surface area (Å²) >= 11 is 0. The fraction of sp³-hybridized carbons (Fsp3) is 0.545. The van der Waals surface area contributed by atoms with E-state index >= 15 is 0 Å². The van der Waals surface area contributed by atoms with Crippen molar-refractivity contribution in [2.75, 3.05) is 5.32 Å². The fourth-order valence-electron chi connectivity index (χ4n) is 4.56. The molecular formula is C22H29N3O2. The number of anilines is 1. The summed E-state index contributed by atoms with van der Waals surface area (Å²) in [5.41, 5.74) is 1.90. The number of rotatable bonds is 7. The quantitative estimate of drug-likeness (QED) is 0.651.